The molecule has 0 bridgehead atoms. The second kappa shape index (κ2) is 4.85. The SMILES string of the molecule is Cc1sc(=NN=c2sc(C)c(C)n2C)n(C)c1C. The molecule has 2 aromatic heterocycles. The van der Waals surface area contributed by atoms with Crippen LogP contribution in [0.3, 0.4) is 0 Å². The van der Waals surface area contributed by atoms with Gasteiger partial charge in [0.05, 0.1) is 0 Å². The Hall–Kier alpha value is -1.14. The van der Waals surface area contributed by atoms with Gasteiger partial charge in [0, 0.05) is 35.2 Å². The third kappa shape index (κ3) is 2.22. The van der Waals surface area contributed by atoms with Crippen LogP contribution in [0.15, 0.2) is 10.2 Å². The quantitative estimate of drug-likeness (QED) is 0.718. The van der Waals surface area contributed by atoms with E-state index >= 15 is 0 Å². The van der Waals surface area contributed by atoms with E-state index in [0.717, 1.165) is 9.60 Å². The van der Waals surface area contributed by atoms with Crippen molar-refractivity contribution in [3.05, 3.63) is 30.7 Å². The molecule has 4 nitrogen and oxygen atoms in total. The third-order valence-electron chi connectivity index (χ3n) is 3.31. The summed E-state index contributed by atoms with van der Waals surface area (Å²) in [6.07, 6.45) is 0. The van der Waals surface area contributed by atoms with Gasteiger partial charge in [-0.1, -0.05) is 0 Å². The summed E-state index contributed by atoms with van der Waals surface area (Å²) in [5.74, 6) is 0. The Bertz CT molecular complexity index is 647. The van der Waals surface area contributed by atoms with Crippen molar-refractivity contribution in [3.8, 4) is 0 Å². The van der Waals surface area contributed by atoms with Crippen molar-refractivity contribution >= 4 is 22.7 Å². The number of rotatable bonds is 1. The smallest absolute Gasteiger partial charge is 0.210 e. The molecule has 2 heterocycles. The molecule has 2 rings (SSSR count). The largest absolute Gasteiger partial charge is 0.322 e. The summed E-state index contributed by atoms with van der Waals surface area (Å²) in [4.78, 5) is 4.45. The van der Waals surface area contributed by atoms with Crippen LogP contribution in [-0.4, -0.2) is 9.13 Å². The zero-order valence-electron chi connectivity index (χ0n) is 11.6. The number of thiazole rings is 2. The minimum atomic E-state index is 0.939. The van der Waals surface area contributed by atoms with Gasteiger partial charge in [0.15, 0.2) is 0 Å². The van der Waals surface area contributed by atoms with Crippen LogP contribution in [0.25, 0.3) is 0 Å². The lowest BCUT2D eigenvalue weighted by atomic mass is 10.4. The number of hydrogen-bond acceptors (Lipinski definition) is 4. The van der Waals surface area contributed by atoms with E-state index in [1.165, 1.54) is 21.1 Å². The van der Waals surface area contributed by atoms with Crippen molar-refractivity contribution in [3.63, 3.8) is 0 Å². The highest BCUT2D eigenvalue weighted by atomic mass is 32.1. The van der Waals surface area contributed by atoms with E-state index in [1.54, 1.807) is 22.7 Å². The van der Waals surface area contributed by atoms with E-state index in [0.29, 0.717) is 0 Å². The van der Waals surface area contributed by atoms with Crippen LogP contribution in [0.1, 0.15) is 21.1 Å². The summed E-state index contributed by atoms with van der Waals surface area (Å²) < 4.78 is 4.16. The molecule has 0 N–H and O–H groups in total. The van der Waals surface area contributed by atoms with Crippen molar-refractivity contribution in [2.45, 2.75) is 27.7 Å². The molecule has 2 aromatic rings. The molecule has 0 aliphatic carbocycles. The molecule has 0 saturated heterocycles. The van der Waals surface area contributed by atoms with Crippen molar-refractivity contribution in [2.24, 2.45) is 24.3 Å². The van der Waals surface area contributed by atoms with Crippen molar-refractivity contribution in [1.82, 2.24) is 9.13 Å². The first-order valence-electron chi connectivity index (χ1n) is 5.75. The van der Waals surface area contributed by atoms with Gasteiger partial charge in [-0.3, -0.25) is 0 Å². The Labute approximate surface area is 115 Å². The highest BCUT2D eigenvalue weighted by Crippen LogP contribution is 2.08. The normalized spacial score (nSPS) is 13.7. The van der Waals surface area contributed by atoms with Gasteiger partial charge in [-0.05, 0) is 27.7 Å². The van der Waals surface area contributed by atoms with Gasteiger partial charge in [0.2, 0.25) is 9.60 Å². The average molecular weight is 282 g/mol. The number of hydrogen-bond donors (Lipinski definition) is 0. The van der Waals surface area contributed by atoms with E-state index in [9.17, 15) is 0 Å². The highest BCUT2D eigenvalue weighted by Gasteiger charge is 2.03. The predicted molar refractivity (Wildman–Crippen MR) is 76.7 cm³/mol. The van der Waals surface area contributed by atoms with Gasteiger partial charge >= 0.3 is 0 Å². The Morgan fingerprint density at radius 1 is 0.722 bits per heavy atom. The van der Waals surface area contributed by atoms with Crippen molar-refractivity contribution < 1.29 is 0 Å². The summed E-state index contributed by atoms with van der Waals surface area (Å²) >= 11 is 3.35. The maximum Gasteiger partial charge on any atom is 0.210 e. The zero-order valence-corrected chi connectivity index (χ0v) is 13.2. The third-order valence-corrected chi connectivity index (χ3v) is 5.59. The maximum absolute atomic E-state index is 4.37. The molecule has 0 atom stereocenters. The Balaban J connectivity index is 2.58. The molecular formula is C12H18N4S2. The Kier molecular flexibility index (Phi) is 3.59. The lowest BCUT2D eigenvalue weighted by Gasteiger charge is -1.94. The zero-order chi connectivity index (χ0) is 13.4. The molecule has 0 saturated carbocycles. The fraction of sp³-hybridized carbons (Fsp3) is 0.500. The van der Waals surface area contributed by atoms with Gasteiger partial charge in [-0.25, -0.2) is 0 Å². The fourth-order valence-electron chi connectivity index (χ4n) is 1.58. The molecule has 0 aliphatic heterocycles. The van der Waals surface area contributed by atoms with E-state index < -0.39 is 0 Å². The molecule has 98 valence electrons. The number of nitrogens with zero attached hydrogens (tertiary/aromatic N) is 4. The van der Waals surface area contributed by atoms with Crippen LogP contribution in [0, 0.1) is 27.7 Å². The highest BCUT2D eigenvalue weighted by molar-refractivity contribution is 7.09. The van der Waals surface area contributed by atoms with E-state index in [1.807, 2.05) is 14.1 Å². The first-order valence-corrected chi connectivity index (χ1v) is 7.39. The molecule has 0 aromatic carbocycles. The lowest BCUT2D eigenvalue weighted by Crippen LogP contribution is -2.14. The van der Waals surface area contributed by atoms with Crippen LogP contribution >= 0.6 is 22.7 Å². The number of aryl methyl sites for hydroxylation is 2. The summed E-state index contributed by atoms with van der Waals surface area (Å²) in [6, 6.07) is 0. The molecule has 0 unspecified atom stereocenters. The summed E-state index contributed by atoms with van der Waals surface area (Å²) in [6.45, 7) is 8.42. The predicted octanol–water partition coefficient (Wildman–Crippen LogP) is 2.14. The number of aromatic nitrogens is 2. The van der Waals surface area contributed by atoms with Gasteiger partial charge in [-0.15, -0.1) is 32.9 Å². The molecule has 0 spiro atoms. The summed E-state index contributed by atoms with van der Waals surface area (Å²) in [5, 5.41) is 8.74. The first kappa shape index (κ1) is 13.3. The van der Waals surface area contributed by atoms with Crippen LogP contribution in [-0.2, 0) is 14.1 Å². The fourth-order valence-corrected chi connectivity index (χ4v) is 3.41. The second-order valence-electron chi connectivity index (χ2n) is 4.37. The van der Waals surface area contributed by atoms with Gasteiger partial charge in [0.1, 0.15) is 0 Å². The summed E-state index contributed by atoms with van der Waals surface area (Å²) in [7, 11) is 4.05. The van der Waals surface area contributed by atoms with Gasteiger partial charge < -0.3 is 9.13 Å². The monoisotopic (exact) mass is 282 g/mol. The minimum Gasteiger partial charge on any atom is -0.322 e. The summed E-state index contributed by atoms with van der Waals surface area (Å²) in [5.41, 5.74) is 2.49. The van der Waals surface area contributed by atoms with Gasteiger partial charge in [-0.2, -0.15) is 0 Å². The molecule has 0 fully saturated rings. The van der Waals surface area contributed by atoms with E-state index in [-0.39, 0.29) is 0 Å². The van der Waals surface area contributed by atoms with Crippen LogP contribution < -0.4 is 9.60 Å². The van der Waals surface area contributed by atoms with E-state index in [4.69, 9.17) is 0 Å². The van der Waals surface area contributed by atoms with Crippen LogP contribution in [0.2, 0.25) is 0 Å². The second-order valence-corrected chi connectivity index (χ2v) is 6.73. The molecule has 0 amide bonds. The average Bonchev–Trinajstić information content (AvgIpc) is 2.72. The van der Waals surface area contributed by atoms with Crippen molar-refractivity contribution in [2.75, 3.05) is 0 Å². The van der Waals surface area contributed by atoms with Gasteiger partial charge in [0.25, 0.3) is 0 Å². The first-order chi connectivity index (χ1) is 8.41. The molecule has 18 heavy (non-hydrogen) atoms. The van der Waals surface area contributed by atoms with Crippen LogP contribution in [0.5, 0.6) is 0 Å². The molecular weight excluding hydrogens is 264 g/mol. The maximum atomic E-state index is 4.37. The molecule has 0 radical (unpaired) electrons. The Morgan fingerprint density at radius 3 is 1.28 bits per heavy atom. The molecule has 6 heteroatoms. The topological polar surface area (TPSA) is 34.6 Å². The standard InChI is InChI=1S/C12H18N4S2/c1-7-9(3)17-11(15(7)5)13-14-12-16(6)8(2)10(4)18-12/h1-6H3. The molecule has 0 aliphatic rings. The van der Waals surface area contributed by atoms with E-state index in [2.05, 4.69) is 47.0 Å². The lowest BCUT2D eigenvalue weighted by molar-refractivity contribution is 0.784. The Morgan fingerprint density at radius 2 is 1.06 bits per heavy atom. The minimum absolute atomic E-state index is 0.939. The van der Waals surface area contributed by atoms with Crippen molar-refractivity contribution in [1.29, 1.82) is 0 Å². The van der Waals surface area contributed by atoms with Crippen LogP contribution in [0.4, 0.5) is 0 Å².